The van der Waals surface area contributed by atoms with Crippen LogP contribution in [0.25, 0.3) is 5.78 Å². The van der Waals surface area contributed by atoms with Crippen molar-refractivity contribution in [3.05, 3.63) is 18.1 Å². The first kappa shape index (κ1) is 12.3. The van der Waals surface area contributed by atoms with E-state index in [-0.39, 0.29) is 6.61 Å². The Morgan fingerprint density at radius 1 is 1.47 bits per heavy atom. The molecule has 2 aromatic rings. The lowest BCUT2D eigenvalue weighted by Gasteiger charge is -2.24. The minimum Gasteiger partial charge on any atom is -0.395 e. The van der Waals surface area contributed by atoms with Gasteiger partial charge in [0.05, 0.1) is 6.61 Å². The van der Waals surface area contributed by atoms with Crippen LogP contribution in [-0.2, 0) is 6.42 Å². The summed E-state index contributed by atoms with van der Waals surface area (Å²) in [5.41, 5.74) is 1.04. The van der Waals surface area contributed by atoms with E-state index >= 15 is 0 Å². The molecule has 1 aliphatic carbocycles. The van der Waals surface area contributed by atoms with Crippen molar-refractivity contribution in [3.63, 3.8) is 0 Å². The first-order valence-electron chi connectivity index (χ1n) is 6.90. The molecule has 0 unspecified atom stereocenters. The highest BCUT2D eigenvalue weighted by molar-refractivity contribution is 5.49. The van der Waals surface area contributed by atoms with Gasteiger partial charge in [-0.2, -0.15) is 14.6 Å². The van der Waals surface area contributed by atoms with E-state index in [9.17, 15) is 5.11 Å². The monoisotopic (exact) mass is 261 g/mol. The molecule has 19 heavy (non-hydrogen) atoms. The van der Waals surface area contributed by atoms with E-state index in [1.54, 1.807) is 4.52 Å². The first-order valence-corrected chi connectivity index (χ1v) is 6.90. The molecule has 3 rings (SSSR count). The van der Waals surface area contributed by atoms with Crippen molar-refractivity contribution in [1.82, 2.24) is 19.6 Å². The first-order chi connectivity index (χ1) is 9.33. The number of hydrogen-bond acceptors (Lipinski definition) is 5. The lowest BCUT2D eigenvalue weighted by molar-refractivity contribution is 0.300. The van der Waals surface area contributed by atoms with Crippen molar-refractivity contribution in [3.8, 4) is 0 Å². The zero-order valence-corrected chi connectivity index (χ0v) is 11.2. The van der Waals surface area contributed by atoms with Gasteiger partial charge in [0, 0.05) is 24.3 Å². The van der Waals surface area contributed by atoms with Crippen molar-refractivity contribution in [2.45, 2.75) is 38.6 Å². The summed E-state index contributed by atoms with van der Waals surface area (Å²) in [5, 5.41) is 13.5. The Balaban J connectivity index is 2.05. The number of fused-ring (bicyclic) bond motifs is 1. The third kappa shape index (κ3) is 2.40. The molecule has 1 saturated carbocycles. The van der Waals surface area contributed by atoms with Crippen LogP contribution >= 0.6 is 0 Å². The van der Waals surface area contributed by atoms with Crippen LogP contribution < -0.4 is 4.90 Å². The minimum atomic E-state index is 0.151. The molecule has 0 aromatic carbocycles. The molecule has 0 amide bonds. The summed E-state index contributed by atoms with van der Waals surface area (Å²) in [7, 11) is 0. The SMILES string of the molecule is CCCc1cc(N(CCO)C2CC2)n2ncnc2n1. The second-order valence-corrected chi connectivity index (χ2v) is 4.98. The van der Waals surface area contributed by atoms with Gasteiger partial charge in [-0.3, -0.25) is 0 Å². The van der Waals surface area contributed by atoms with Gasteiger partial charge in [0.2, 0.25) is 0 Å². The van der Waals surface area contributed by atoms with E-state index in [1.807, 2.05) is 0 Å². The number of aryl methyl sites for hydroxylation is 1. The predicted molar refractivity (Wildman–Crippen MR) is 72.2 cm³/mol. The third-order valence-electron chi connectivity index (χ3n) is 3.42. The lowest BCUT2D eigenvalue weighted by Crippen LogP contribution is -2.31. The van der Waals surface area contributed by atoms with Gasteiger partial charge in [0.1, 0.15) is 12.1 Å². The van der Waals surface area contributed by atoms with Crippen LogP contribution in [0.15, 0.2) is 12.4 Å². The summed E-state index contributed by atoms with van der Waals surface area (Å²) in [6.45, 7) is 2.93. The summed E-state index contributed by atoms with van der Waals surface area (Å²) in [6.07, 6.45) is 5.89. The number of rotatable bonds is 6. The number of hydrogen-bond donors (Lipinski definition) is 1. The Bertz CT molecular complexity index is 563. The molecule has 6 nitrogen and oxygen atoms in total. The van der Waals surface area contributed by atoms with E-state index in [1.165, 1.54) is 19.2 Å². The standard InChI is InChI=1S/C13H19N5O/c1-2-3-10-8-12(17(6-7-19)11-4-5-11)18-13(16-10)14-9-15-18/h8-9,11,19H,2-7H2,1H3. The molecule has 6 heteroatoms. The fourth-order valence-corrected chi connectivity index (χ4v) is 2.41. The fraction of sp³-hybridized carbons (Fsp3) is 0.615. The average molecular weight is 261 g/mol. The van der Waals surface area contributed by atoms with Gasteiger partial charge in [-0.15, -0.1) is 0 Å². The lowest BCUT2D eigenvalue weighted by atomic mass is 10.2. The van der Waals surface area contributed by atoms with Crippen LogP contribution in [0.1, 0.15) is 31.9 Å². The van der Waals surface area contributed by atoms with Gasteiger partial charge >= 0.3 is 0 Å². The molecule has 0 atom stereocenters. The summed E-state index contributed by atoms with van der Waals surface area (Å²) >= 11 is 0. The Kier molecular flexibility index (Phi) is 3.33. The van der Waals surface area contributed by atoms with Crippen LogP contribution in [0.2, 0.25) is 0 Å². The Morgan fingerprint density at radius 2 is 2.32 bits per heavy atom. The Labute approximate surface area is 112 Å². The third-order valence-corrected chi connectivity index (χ3v) is 3.42. The van der Waals surface area contributed by atoms with Gasteiger partial charge in [-0.25, -0.2) is 4.98 Å². The average Bonchev–Trinajstić information content (AvgIpc) is 3.13. The number of anilines is 1. The van der Waals surface area contributed by atoms with E-state index in [4.69, 9.17) is 0 Å². The van der Waals surface area contributed by atoms with Crippen molar-refractivity contribution in [2.24, 2.45) is 0 Å². The molecule has 1 N–H and O–H groups in total. The highest BCUT2D eigenvalue weighted by Gasteiger charge is 2.30. The summed E-state index contributed by atoms with van der Waals surface area (Å²) in [4.78, 5) is 10.9. The molecule has 2 heterocycles. The maximum Gasteiger partial charge on any atom is 0.254 e. The van der Waals surface area contributed by atoms with E-state index < -0.39 is 0 Å². The van der Waals surface area contributed by atoms with E-state index in [0.717, 1.165) is 24.4 Å². The van der Waals surface area contributed by atoms with Gasteiger partial charge in [-0.1, -0.05) is 13.3 Å². The molecule has 0 spiro atoms. The molecular formula is C13H19N5O. The Hall–Kier alpha value is -1.69. The van der Waals surface area contributed by atoms with Gasteiger partial charge in [-0.05, 0) is 19.3 Å². The highest BCUT2D eigenvalue weighted by atomic mass is 16.3. The largest absolute Gasteiger partial charge is 0.395 e. The van der Waals surface area contributed by atoms with Crippen LogP contribution in [0.4, 0.5) is 5.82 Å². The normalized spacial score (nSPS) is 15.1. The number of aliphatic hydroxyl groups is 1. The zero-order valence-electron chi connectivity index (χ0n) is 11.2. The van der Waals surface area contributed by atoms with Crippen molar-refractivity contribution >= 4 is 11.6 Å². The van der Waals surface area contributed by atoms with Crippen LogP contribution in [-0.4, -0.2) is 43.9 Å². The molecule has 1 aliphatic rings. The summed E-state index contributed by atoms with van der Waals surface area (Å²) in [6, 6.07) is 2.61. The topological polar surface area (TPSA) is 66.5 Å². The molecule has 0 bridgehead atoms. The maximum atomic E-state index is 9.27. The van der Waals surface area contributed by atoms with Gasteiger partial charge in [0.25, 0.3) is 5.78 Å². The second-order valence-electron chi connectivity index (χ2n) is 4.98. The summed E-state index contributed by atoms with van der Waals surface area (Å²) < 4.78 is 1.77. The molecule has 102 valence electrons. The molecule has 0 aliphatic heterocycles. The highest BCUT2D eigenvalue weighted by Crippen LogP contribution is 2.31. The second kappa shape index (κ2) is 5.13. The predicted octanol–water partition coefficient (Wildman–Crippen LogP) is 1.04. The molecule has 0 radical (unpaired) electrons. The van der Waals surface area contributed by atoms with Crippen LogP contribution in [0.5, 0.6) is 0 Å². The van der Waals surface area contributed by atoms with Gasteiger partial charge in [0.15, 0.2) is 0 Å². The van der Waals surface area contributed by atoms with Gasteiger partial charge < -0.3 is 10.0 Å². The smallest absolute Gasteiger partial charge is 0.254 e. The molecule has 1 fully saturated rings. The molecule has 2 aromatic heterocycles. The van der Waals surface area contributed by atoms with E-state index in [0.29, 0.717) is 18.4 Å². The summed E-state index contributed by atoms with van der Waals surface area (Å²) in [5.74, 6) is 1.65. The minimum absolute atomic E-state index is 0.151. The molecular weight excluding hydrogens is 242 g/mol. The van der Waals surface area contributed by atoms with Crippen molar-refractivity contribution in [2.75, 3.05) is 18.1 Å². The van der Waals surface area contributed by atoms with Crippen molar-refractivity contribution < 1.29 is 5.11 Å². The quantitative estimate of drug-likeness (QED) is 0.841. The van der Waals surface area contributed by atoms with Crippen molar-refractivity contribution in [1.29, 1.82) is 0 Å². The number of nitrogens with zero attached hydrogens (tertiary/aromatic N) is 5. The van der Waals surface area contributed by atoms with E-state index in [2.05, 4.69) is 33.0 Å². The Morgan fingerprint density at radius 3 is 3.00 bits per heavy atom. The maximum absolute atomic E-state index is 9.27. The van der Waals surface area contributed by atoms with Crippen LogP contribution in [0, 0.1) is 0 Å². The fourth-order valence-electron chi connectivity index (χ4n) is 2.41. The number of aromatic nitrogens is 4. The zero-order chi connectivity index (χ0) is 13.2. The van der Waals surface area contributed by atoms with Crippen LogP contribution in [0.3, 0.4) is 0 Å². The number of aliphatic hydroxyl groups excluding tert-OH is 1. The molecule has 0 saturated heterocycles.